The highest BCUT2D eigenvalue weighted by Gasteiger charge is 2.05. The molecule has 1 atom stereocenters. The van der Waals surface area contributed by atoms with Crippen LogP contribution in [0.3, 0.4) is 0 Å². The van der Waals surface area contributed by atoms with Gasteiger partial charge in [-0.05, 0) is 30.5 Å². The van der Waals surface area contributed by atoms with Crippen molar-refractivity contribution in [3.05, 3.63) is 34.3 Å². The van der Waals surface area contributed by atoms with Gasteiger partial charge in [0.1, 0.15) is 0 Å². The Morgan fingerprint density at radius 3 is 2.31 bits per heavy atom. The van der Waals surface area contributed by atoms with Gasteiger partial charge in [0.25, 0.3) is 0 Å². The number of halogens is 3. The van der Waals surface area contributed by atoms with Gasteiger partial charge in [-0.15, -0.1) is 0 Å². The molecule has 0 aliphatic rings. The third-order valence-electron chi connectivity index (χ3n) is 1.82. The Bertz CT molecular complexity index is 243. The Morgan fingerprint density at radius 2 is 1.77 bits per heavy atom. The van der Waals surface area contributed by atoms with Crippen molar-refractivity contribution in [2.45, 2.75) is 17.7 Å². The zero-order valence-corrected chi connectivity index (χ0v) is 11.9. The Kier molecular flexibility index (Phi) is 5.60. The summed E-state index contributed by atoms with van der Waals surface area (Å²) in [6, 6.07) is 8.46. The zero-order valence-electron chi connectivity index (χ0n) is 7.14. The second-order valence-corrected chi connectivity index (χ2v) is 5.66. The summed E-state index contributed by atoms with van der Waals surface area (Å²) in [6.45, 7) is 0. The molecule has 0 aliphatic carbocycles. The lowest BCUT2D eigenvalue weighted by atomic mass is 10.1. The van der Waals surface area contributed by atoms with E-state index in [2.05, 4.69) is 72.1 Å². The minimum atomic E-state index is 0.484. The van der Waals surface area contributed by atoms with Crippen LogP contribution in [0.25, 0.3) is 0 Å². The lowest BCUT2D eigenvalue weighted by molar-refractivity contribution is 0.799. The molecule has 0 aromatic heterocycles. The van der Waals surface area contributed by atoms with E-state index < -0.39 is 0 Å². The number of hydrogen-bond acceptors (Lipinski definition) is 0. The predicted octanol–water partition coefficient (Wildman–Crippen LogP) is 5.06. The second kappa shape index (κ2) is 6.20. The summed E-state index contributed by atoms with van der Waals surface area (Å²) in [6.07, 6.45) is 2.37. The molecule has 72 valence electrons. The molecule has 1 unspecified atom stereocenters. The molecular formula is C10H11Br3. The average Bonchev–Trinajstić information content (AvgIpc) is 2.15. The molecule has 0 heterocycles. The van der Waals surface area contributed by atoms with Gasteiger partial charge in [0.05, 0.1) is 0 Å². The summed E-state index contributed by atoms with van der Waals surface area (Å²) in [4.78, 5) is 0.484. The molecule has 0 spiro atoms. The standard InChI is InChI=1S/C10H11Br3/c11-7-1-2-10(13)8-3-5-9(12)6-4-8/h3-6,10H,1-2,7H2. The van der Waals surface area contributed by atoms with E-state index in [1.54, 1.807) is 0 Å². The highest BCUT2D eigenvalue weighted by molar-refractivity contribution is 9.10. The van der Waals surface area contributed by atoms with Crippen LogP contribution in [0.1, 0.15) is 23.2 Å². The molecule has 0 saturated heterocycles. The van der Waals surface area contributed by atoms with Gasteiger partial charge in [0, 0.05) is 14.6 Å². The van der Waals surface area contributed by atoms with Crippen molar-refractivity contribution in [1.29, 1.82) is 0 Å². The molecule has 0 N–H and O–H groups in total. The van der Waals surface area contributed by atoms with Crippen molar-refractivity contribution in [2.75, 3.05) is 5.33 Å². The predicted molar refractivity (Wildman–Crippen MR) is 68.8 cm³/mol. The average molecular weight is 371 g/mol. The van der Waals surface area contributed by atoms with Crippen molar-refractivity contribution in [1.82, 2.24) is 0 Å². The maximum atomic E-state index is 3.68. The van der Waals surface area contributed by atoms with E-state index in [-0.39, 0.29) is 0 Å². The molecule has 13 heavy (non-hydrogen) atoms. The fourth-order valence-corrected chi connectivity index (χ4v) is 2.31. The Morgan fingerprint density at radius 1 is 1.15 bits per heavy atom. The van der Waals surface area contributed by atoms with Crippen LogP contribution in [-0.2, 0) is 0 Å². The summed E-state index contributed by atoms with van der Waals surface area (Å²) in [5.74, 6) is 0. The molecular weight excluding hydrogens is 360 g/mol. The van der Waals surface area contributed by atoms with Crippen molar-refractivity contribution in [3.63, 3.8) is 0 Å². The molecule has 0 fully saturated rings. The van der Waals surface area contributed by atoms with Gasteiger partial charge in [0.15, 0.2) is 0 Å². The maximum absolute atomic E-state index is 3.68. The molecule has 0 aliphatic heterocycles. The summed E-state index contributed by atoms with van der Waals surface area (Å²) in [5.41, 5.74) is 1.35. The maximum Gasteiger partial charge on any atom is 0.0395 e. The van der Waals surface area contributed by atoms with E-state index in [9.17, 15) is 0 Å². The third kappa shape index (κ3) is 4.13. The number of rotatable bonds is 4. The molecule has 0 bridgehead atoms. The minimum absolute atomic E-state index is 0.484. The Balaban J connectivity index is 2.55. The van der Waals surface area contributed by atoms with Crippen LogP contribution in [0.4, 0.5) is 0 Å². The number of benzene rings is 1. The number of hydrogen-bond donors (Lipinski definition) is 0. The fourth-order valence-electron chi connectivity index (χ4n) is 1.09. The van der Waals surface area contributed by atoms with Gasteiger partial charge in [-0.25, -0.2) is 0 Å². The largest absolute Gasteiger partial charge is 0.0928 e. The van der Waals surface area contributed by atoms with Gasteiger partial charge in [-0.2, -0.15) is 0 Å². The first-order valence-electron chi connectivity index (χ1n) is 4.19. The lowest BCUT2D eigenvalue weighted by Gasteiger charge is -2.08. The van der Waals surface area contributed by atoms with Crippen molar-refractivity contribution in [2.24, 2.45) is 0 Å². The molecule has 0 amide bonds. The molecule has 0 nitrogen and oxygen atoms in total. The lowest BCUT2D eigenvalue weighted by Crippen LogP contribution is -1.90. The first kappa shape index (κ1) is 11.7. The van der Waals surface area contributed by atoms with E-state index in [4.69, 9.17) is 0 Å². The SMILES string of the molecule is BrCCCC(Br)c1ccc(Br)cc1. The summed E-state index contributed by atoms with van der Waals surface area (Å²) in [7, 11) is 0. The highest BCUT2D eigenvalue weighted by Crippen LogP contribution is 2.28. The van der Waals surface area contributed by atoms with E-state index >= 15 is 0 Å². The third-order valence-corrected chi connectivity index (χ3v) is 3.90. The Hall–Kier alpha value is 0.660. The van der Waals surface area contributed by atoms with Gasteiger partial charge < -0.3 is 0 Å². The van der Waals surface area contributed by atoms with E-state index in [0.717, 1.165) is 9.80 Å². The van der Waals surface area contributed by atoms with Crippen LogP contribution in [0.5, 0.6) is 0 Å². The molecule has 1 aromatic rings. The molecule has 3 heteroatoms. The van der Waals surface area contributed by atoms with Crippen LogP contribution in [0.15, 0.2) is 28.7 Å². The van der Waals surface area contributed by atoms with Crippen LogP contribution in [-0.4, -0.2) is 5.33 Å². The van der Waals surface area contributed by atoms with E-state index in [1.807, 2.05) is 0 Å². The molecule has 0 radical (unpaired) electrons. The van der Waals surface area contributed by atoms with Crippen molar-refractivity contribution in [3.8, 4) is 0 Å². The monoisotopic (exact) mass is 368 g/mol. The zero-order chi connectivity index (χ0) is 9.68. The van der Waals surface area contributed by atoms with Crippen LogP contribution in [0, 0.1) is 0 Å². The first-order chi connectivity index (χ1) is 6.24. The van der Waals surface area contributed by atoms with Crippen LogP contribution in [0.2, 0.25) is 0 Å². The van der Waals surface area contributed by atoms with E-state index in [1.165, 1.54) is 18.4 Å². The normalized spacial score (nSPS) is 12.8. The van der Waals surface area contributed by atoms with Crippen LogP contribution < -0.4 is 0 Å². The molecule has 0 saturated carbocycles. The van der Waals surface area contributed by atoms with Gasteiger partial charge in [0.2, 0.25) is 0 Å². The molecule has 1 aromatic carbocycles. The first-order valence-corrected chi connectivity index (χ1v) is 7.02. The van der Waals surface area contributed by atoms with E-state index in [0.29, 0.717) is 4.83 Å². The smallest absolute Gasteiger partial charge is 0.0395 e. The Labute approximate surface area is 104 Å². The fraction of sp³-hybridized carbons (Fsp3) is 0.400. The van der Waals surface area contributed by atoms with Crippen molar-refractivity contribution >= 4 is 47.8 Å². The highest BCUT2D eigenvalue weighted by atomic mass is 79.9. The van der Waals surface area contributed by atoms with Gasteiger partial charge >= 0.3 is 0 Å². The van der Waals surface area contributed by atoms with Crippen molar-refractivity contribution < 1.29 is 0 Å². The second-order valence-electron chi connectivity index (χ2n) is 2.85. The minimum Gasteiger partial charge on any atom is -0.0928 e. The molecule has 1 rings (SSSR count). The van der Waals surface area contributed by atoms with Crippen LogP contribution >= 0.6 is 47.8 Å². The summed E-state index contributed by atoms with van der Waals surface area (Å²) < 4.78 is 1.14. The summed E-state index contributed by atoms with van der Waals surface area (Å²) >= 11 is 10.5. The van der Waals surface area contributed by atoms with Gasteiger partial charge in [-0.1, -0.05) is 59.9 Å². The quantitative estimate of drug-likeness (QED) is 0.650. The van der Waals surface area contributed by atoms with Gasteiger partial charge in [-0.3, -0.25) is 0 Å². The number of alkyl halides is 2. The summed E-state index contributed by atoms with van der Waals surface area (Å²) in [5, 5.41) is 1.08. The topological polar surface area (TPSA) is 0 Å².